The number of aromatic hydroxyl groups is 2. The second-order valence-corrected chi connectivity index (χ2v) is 17.8. The van der Waals surface area contributed by atoms with E-state index < -0.39 is 5.97 Å². The fourth-order valence-electron chi connectivity index (χ4n) is 12.4. The van der Waals surface area contributed by atoms with Crippen LogP contribution in [0.25, 0.3) is 6.08 Å². The minimum Gasteiger partial charge on any atom is -0.504 e. The van der Waals surface area contributed by atoms with Crippen molar-refractivity contribution in [2.75, 3.05) is 0 Å². The summed E-state index contributed by atoms with van der Waals surface area (Å²) in [5.41, 5.74) is 2.44. The lowest BCUT2D eigenvalue weighted by molar-refractivity contribution is -0.235. The molecule has 3 N–H and O–H groups in total. The van der Waals surface area contributed by atoms with Crippen LogP contribution in [-0.2, 0) is 4.79 Å². The van der Waals surface area contributed by atoms with E-state index in [2.05, 4.69) is 60.6 Å². The maximum Gasteiger partial charge on any atom is 0.331 e. The van der Waals surface area contributed by atoms with Gasteiger partial charge in [-0.1, -0.05) is 66.7 Å². The van der Waals surface area contributed by atoms with Crippen molar-refractivity contribution in [1.82, 2.24) is 0 Å². The van der Waals surface area contributed by atoms with Gasteiger partial charge in [-0.05, 0) is 151 Å². The number of benzene rings is 1. The molecule has 2 unspecified atom stereocenters. The Hall–Kier alpha value is -2.23. The first kappa shape index (κ1) is 30.8. The van der Waals surface area contributed by atoms with Crippen molar-refractivity contribution in [3.63, 3.8) is 0 Å². The van der Waals surface area contributed by atoms with Crippen LogP contribution < -0.4 is 0 Å². The monoisotopic (exact) mass is 588 g/mol. The molecule has 0 bridgehead atoms. The molecule has 9 atom stereocenters. The highest BCUT2D eigenvalue weighted by Crippen LogP contribution is 2.76. The van der Waals surface area contributed by atoms with Crippen LogP contribution in [0.2, 0.25) is 0 Å². The molecular formula is C39H56O4. The van der Waals surface area contributed by atoms with Crippen LogP contribution in [-0.4, -0.2) is 21.3 Å². The largest absolute Gasteiger partial charge is 0.504 e. The Balaban J connectivity index is 1.31. The lowest BCUT2D eigenvalue weighted by atomic mass is 9.32. The van der Waals surface area contributed by atoms with Crippen molar-refractivity contribution in [2.45, 2.75) is 119 Å². The Bertz CT molecular complexity index is 1360. The molecule has 4 heteroatoms. The number of carboxylic acids is 1. The Kier molecular flexibility index (Phi) is 7.08. The Labute approximate surface area is 260 Å². The highest BCUT2D eigenvalue weighted by Gasteiger charge is 2.68. The highest BCUT2D eigenvalue weighted by molar-refractivity contribution is 5.92. The third-order valence-electron chi connectivity index (χ3n) is 15.0. The molecule has 5 aliphatic rings. The van der Waals surface area contributed by atoms with E-state index in [-0.39, 0.29) is 22.3 Å². The van der Waals surface area contributed by atoms with Crippen molar-refractivity contribution in [3.05, 3.63) is 41.5 Å². The summed E-state index contributed by atoms with van der Waals surface area (Å²) in [5, 5.41) is 30.1. The standard InChI is InChI=1S/C39H56O4/c1-34(2)17-18-35(3)19-20-38(6)27(28(35)24-34)10-12-32-37(5)15-8-14-36(4,31(37)13-16-39(32,38)7)23-26(33(42)43)21-25-9-11-29(40)30(41)22-25/h8-9,11,14,21-22,27-28,31-32,40-41H,10,12-13,15-20,23-24H2,1-7H3,(H,42,43)/t27-,28-,31?,32-,35-,36?,37+,38-,39-/m1/s1. The predicted molar refractivity (Wildman–Crippen MR) is 174 cm³/mol. The highest BCUT2D eigenvalue weighted by atomic mass is 16.4. The van der Waals surface area contributed by atoms with E-state index in [9.17, 15) is 20.1 Å². The molecule has 236 valence electrons. The van der Waals surface area contributed by atoms with Crippen LogP contribution in [0.5, 0.6) is 11.5 Å². The third kappa shape index (κ3) is 4.62. The Morgan fingerprint density at radius 3 is 2.26 bits per heavy atom. The minimum atomic E-state index is -0.913. The topological polar surface area (TPSA) is 77.8 Å². The van der Waals surface area contributed by atoms with Gasteiger partial charge in [0, 0.05) is 5.57 Å². The van der Waals surface area contributed by atoms with Crippen LogP contribution in [0.1, 0.15) is 125 Å². The minimum absolute atomic E-state index is 0.136. The second-order valence-electron chi connectivity index (χ2n) is 17.8. The number of allylic oxidation sites excluding steroid dienone is 2. The number of carboxylic acid groups (broad SMARTS) is 1. The molecule has 4 fully saturated rings. The fourth-order valence-corrected chi connectivity index (χ4v) is 12.4. The van der Waals surface area contributed by atoms with Gasteiger partial charge in [0.25, 0.3) is 0 Å². The summed E-state index contributed by atoms with van der Waals surface area (Å²) < 4.78 is 0. The van der Waals surface area contributed by atoms with Crippen LogP contribution in [0, 0.1) is 56.2 Å². The van der Waals surface area contributed by atoms with Crippen LogP contribution in [0.15, 0.2) is 35.9 Å². The van der Waals surface area contributed by atoms with E-state index >= 15 is 0 Å². The molecule has 43 heavy (non-hydrogen) atoms. The van der Waals surface area contributed by atoms with Gasteiger partial charge in [-0.2, -0.15) is 0 Å². The van der Waals surface area contributed by atoms with E-state index in [0.717, 1.165) is 24.7 Å². The number of phenols is 2. The number of hydrogen-bond acceptors (Lipinski definition) is 3. The number of rotatable bonds is 4. The van der Waals surface area contributed by atoms with Crippen molar-refractivity contribution in [2.24, 2.45) is 56.2 Å². The second kappa shape index (κ2) is 9.88. The van der Waals surface area contributed by atoms with Crippen LogP contribution in [0.3, 0.4) is 0 Å². The molecule has 0 saturated heterocycles. The molecule has 1 aromatic rings. The summed E-state index contributed by atoms with van der Waals surface area (Å²) in [7, 11) is 0. The summed E-state index contributed by atoms with van der Waals surface area (Å²) in [6, 6.07) is 4.52. The fraction of sp³-hybridized carbons (Fsp3) is 0.718. The molecule has 4 nitrogen and oxygen atoms in total. The number of carbonyl (C=O) groups is 1. The Morgan fingerprint density at radius 1 is 0.837 bits per heavy atom. The zero-order chi connectivity index (χ0) is 31.2. The number of aliphatic carboxylic acids is 1. The van der Waals surface area contributed by atoms with Gasteiger partial charge in [0.1, 0.15) is 0 Å². The van der Waals surface area contributed by atoms with E-state index in [1.54, 1.807) is 12.1 Å². The molecule has 1 aromatic carbocycles. The zero-order valence-electron chi connectivity index (χ0n) is 27.8. The van der Waals surface area contributed by atoms with E-state index in [4.69, 9.17) is 0 Å². The van der Waals surface area contributed by atoms with E-state index in [0.29, 0.717) is 51.1 Å². The Morgan fingerprint density at radius 2 is 1.56 bits per heavy atom. The lowest BCUT2D eigenvalue weighted by Gasteiger charge is -2.73. The molecule has 0 heterocycles. The summed E-state index contributed by atoms with van der Waals surface area (Å²) in [5.74, 6) is 1.35. The first-order valence-corrected chi connectivity index (χ1v) is 17.1. The summed E-state index contributed by atoms with van der Waals surface area (Å²) in [4.78, 5) is 12.6. The van der Waals surface area contributed by atoms with Gasteiger partial charge < -0.3 is 15.3 Å². The quantitative estimate of drug-likeness (QED) is 0.186. The van der Waals surface area contributed by atoms with E-state index in [1.807, 2.05) is 0 Å². The van der Waals surface area contributed by atoms with E-state index in [1.165, 1.54) is 63.5 Å². The number of fused-ring (bicyclic) bond motifs is 7. The van der Waals surface area contributed by atoms with Crippen molar-refractivity contribution in [3.8, 4) is 11.5 Å². The normalized spacial score (nSPS) is 45.3. The van der Waals surface area contributed by atoms with Crippen LogP contribution in [0.4, 0.5) is 0 Å². The van der Waals surface area contributed by atoms with Gasteiger partial charge in [0.05, 0.1) is 0 Å². The maximum absolute atomic E-state index is 12.6. The first-order chi connectivity index (χ1) is 20.0. The van der Waals surface area contributed by atoms with Crippen molar-refractivity contribution >= 4 is 12.0 Å². The summed E-state index contributed by atoms with van der Waals surface area (Å²) in [6.07, 6.45) is 19.8. The summed E-state index contributed by atoms with van der Waals surface area (Å²) in [6.45, 7) is 17.9. The van der Waals surface area contributed by atoms with Crippen LogP contribution >= 0.6 is 0 Å². The number of phenolic OH excluding ortho intramolecular Hbond substituents is 2. The van der Waals surface area contributed by atoms with Gasteiger partial charge in [-0.15, -0.1) is 0 Å². The third-order valence-corrected chi connectivity index (χ3v) is 15.0. The van der Waals surface area contributed by atoms with Gasteiger partial charge in [-0.25, -0.2) is 4.79 Å². The molecule has 4 saturated carbocycles. The molecular weight excluding hydrogens is 532 g/mol. The predicted octanol–water partition coefficient (Wildman–Crippen LogP) is 10.0. The molecule has 0 spiro atoms. The van der Waals surface area contributed by atoms with Crippen molar-refractivity contribution < 1.29 is 20.1 Å². The average Bonchev–Trinajstić information content (AvgIpc) is 2.91. The van der Waals surface area contributed by atoms with Crippen molar-refractivity contribution in [1.29, 1.82) is 0 Å². The van der Waals surface area contributed by atoms with Gasteiger partial charge in [0.2, 0.25) is 0 Å². The maximum atomic E-state index is 12.6. The molecule has 0 aromatic heterocycles. The average molecular weight is 589 g/mol. The summed E-state index contributed by atoms with van der Waals surface area (Å²) >= 11 is 0. The smallest absolute Gasteiger partial charge is 0.331 e. The molecule has 5 aliphatic carbocycles. The first-order valence-electron chi connectivity index (χ1n) is 17.1. The molecule has 0 aliphatic heterocycles. The number of hydrogen-bond donors (Lipinski definition) is 3. The SMILES string of the molecule is CC1(C)CC[C@]2(C)CC[C@]3(C)[C@H](CC[C@@H]4[C@@]5(C)CC=CC(C)(CC(=Cc6ccc(O)c(O)c6)C(=O)O)C5CC[C@]43C)[C@H]2C1. The molecule has 6 rings (SSSR count). The lowest BCUT2D eigenvalue weighted by Crippen LogP contribution is -2.65. The molecule has 0 amide bonds. The zero-order valence-corrected chi connectivity index (χ0v) is 27.8. The van der Waals surface area contributed by atoms with Gasteiger partial charge >= 0.3 is 5.97 Å². The van der Waals surface area contributed by atoms with Gasteiger partial charge in [0.15, 0.2) is 11.5 Å². The van der Waals surface area contributed by atoms with Gasteiger partial charge in [-0.3, -0.25) is 0 Å². The molecule has 0 radical (unpaired) electrons.